The van der Waals surface area contributed by atoms with Crippen molar-refractivity contribution in [3.05, 3.63) is 63.6 Å². The van der Waals surface area contributed by atoms with Crippen molar-refractivity contribution in [3.8, 4) is 5.75 Å². The van der Waals surface area contributed by atoms with Crippen molar-refractivity contribution in [3.63, 3.8) is 0 Å². The van der Waals surface area contributed by atoms with Crippen molar-refractivity contribution in [2.75, 3.05) is 19.9 Å². The maximum Gasteiger partial charge on any atom is 0.163 e. The first-order valence-electron chi connectivity index (χ1n) is 9.39. The summed E-state index contributed by atoms with van der Waals surface area (Å²) in [4.78, 5) is 12.9. The van der Waals surface area contributed by atoms with Crippen molar-refractivity contribution in [1.29, 1.82) is 0 Å². The van der Waals surface area contributed by atoms with Crippen LogP contribution in [0.1, 0.15) is 33.8 Å². The molecule has 1 saturated carbocycles. The van der Waals surface area contributed by atoms with Crippen LogP contribution in [0.3, 0.4) is 0 Å². The molecule has 3 nitrogen and oxygen atoms in total. The second-order valence-electron chi connectivity index (χ2n) is 7.73. The maximum atomic E-state index is 13.7. The summed E-state index contributed by atoms with van der Waals surface area (Å²) < 4.78 is 25.7. The van der Waals surface area contributed by atoms with Crippen LogP contribution >= 0.6 is 15.9 Å². The quantitative estimate of drug-likeness (QED) is 0.640. The molecule has 2 fully saturated rings. The molecule has 1 unspecified atom stereocenters. The van der Waals surface area contributed by atoms with Gasteiger partial charge in [0, 0.05) is 17.5 Å². The lowest BCUT2D eigenvalue weighted by Crippen LogP contribution is -2.21. The first-order chi connectivity index (χ1) is 13.2. The fraction of sp³-hybridized carbons (Fsp3) is 0.409. The Morgan fingerprint density at radius 2 is 1.89 bits per heavy atom. The Labute approximate surface area is 166 Å². The summed E-state index contributed by atoms with van der Waals surface area (Å²) in [6, 6.07) is 13.5. The Bertz CT molecular complexity index is 875. The Hall–Kier alpha value is -1.72. The molecule has 0 radical (unpaired) electrons. The molecule has 1 saturated heterocycles. The third-order valence-corrected chi connectivity index (χ3v) is 6.82. The normalized spacial score (nSPS) is 30.5. The second kappa shape index (κ2) is 6.71. The van der Waals surface area contributed by atoms with Crippen molar-refractivity contribution < 1.29 is 18.7 Å². The molecule has 140 valence electrons. The molecular formula is C22H20BrFO3. The van der Waals surface area contributed by atoms with Gasteiger partial charge in [0.15, 0.2) is 5.78 Å². The van der Waals surface area contributed by atoms with Gasteiger partial charge in [0.25, 0.3) is 0 Å². The van der Waals surface area contributed by atoms with Crippen LogP contribution in [0.5, 0.6) is 5.75 Å². The van der Waals surface area contributed by atoms with E-state index in [1.54, 1.807) is 0 Å². The van der Waals surface area contributed by atoms with Gasteiger partial charge in [-0.15, -0.1) is 0 Å². The van der Waals surface area contributed by atoms with Gasteiger partial charge in [0.1, 0.15) is 18.5 Å². The van der Waals surface area contributed by atoms with Crippen molar-refractivity contribution in [1.82, 2.24) is 0 Å². The van der Waals surface area contributed by atoms with E-state index >= 15 is 0 Å². The zero-order valence-electron chi connectivity index (χ0n) is 14.7. The zero-order chi connectivity index (χ0) is 18.5. The smallest absolute Gasteiger partial charge is 0.163 e. The van der Waals surface area contributed by atoms with Crippen LogP contribution < -0.4 is 4.74 Å². The number of halogens is 2. The van der Waals surface area contributed by atoms with Crippen LogP contribution in [0, 0.1) is 17.8 Å². The fourth-order valence-corrected chi connectivity index (χ4v) is 5.29. The van der Waals surface area contributed by atoms with Gasteiger partial charge in [0.05, 0.1) is 23.6 Å². The molecule has 27 heavy (non-hydrogen) atoms. The predicted molar refractivity (Wildman–Crippen MR) is 103 cm³/mol. The molecule has 0 aromatic heterocycles. The molecule has 2 heterocycles. The van der Waals surface area contributed by atoms with E-state index in [4.69, 9.17) is 9.47 Å². The highest BCUT2D eigenvalue weighted by Crippen LogP contribution is 2.53. The topological polar surface area (TPSA) is 35.5 Å². The second-order valence-corrected chi connectivity index (χ2v) is 8.59. The third-order valence-electron chi connectivity index (χ3n) is 6.23. The molecule has 5 rings (SSSR count). The summed E-state index contributed by atoms with van der Waals surface area (Å²) in [5.74, 6) is 2.17. The van der Waals surface area contributed by atoms with Gasteiger partial charge in [-0.1, -0.05) is 30.3 Å². The fourth-order valence-electron chi connectivity index (χ4n) is 4.72. The summed E-state index contributed by atoms with van der Waals surface area (Å²) in [6.45, 7) is 1.01. The van der Waals surface area contributed by atoms with Crippen LogP contribution in [0.15, 0.2) is 46.9 Å². The van der Waals surface area contributed by atoms with Gasteiger partial charge in [0.2, 0.25) is 0 Å². The Morgan fingerprint density at radius 3 is 2.59 bits per heavy atom. The number of rotatable bonds is 5. The molecule has 0 spiro atoms. The SMILES string of the molecule is O=C(CC1[C@H]2COC[C@@H]12)c1cc(Br)c2c(c1)[C@H](c1ccccc1)[C@@H](CF)O2. The van der Waals surface area contributed by atoms with Gasteiger partial charge in [-0.3, -0.25) is 4.79 Å². The van der Waals surface area contributed by atoms with Gasteiger partial charge in [-0.2, -0.15) is 0 Å². The lowest BCUT2D eigenvalue weighted by atomic mass is 9.87. The number of hydrogen-bond donors (Lipinski definition) is 0. The number of ether oxygens (including phenoxy) is 2. The van der Waals surface area contributed by atoms with Gasteiger partial charge < -0.3 is 9.47 Å². The molecule has 5 atom stereocenters. The minimum Gasteiger partial charge on any atom is -0.485 e. The molecule has 3 aliphatic rings. The average molecular weight is 431 g/mol. The molecule has 5 heteroatoms. The highest BCUT2D eigenvalue weighted by atomic mass is 79.9. The predicted octanol–water partition coefficient (Wildman–Crippen LogP) is 4.78. The summed E-state index contributed by atoms with van der Waals surface area (Å²) >= 11 is 3.53. The average Bonchev–Trinajstić information content (AvgIpc) is 3.05. The standard InChI is InChI=1S/C22H20BrFO3/c23-18-7-13(19(25)8-14-16-10-26-11-17(14)16)6-15-21(12-4-2-1-3-5-12)20(9-24)27-22(15)18/h1-7,14,16-17,20-21H,8-11H2/t14?,16-,17+,20-,21+/m1/s1. The van der Waals surface area contributed by atoms with Crippen LogP contribution in [0.4, 0.5) is 4.39 Å². The van der Waals surface area contributed by atoms with Gasteiger partial charge in [-0.25, -0.2) is 4.39 Å². The van der Waals surface area contributed by atoms with Crippen molar-refractivity contribution in [2.45, 2.75) is 18.4 Å². The molecule has 0 N–H and O–H groups in total. The molecule has 2 aromatic rings. The lowest BCUT2D eigenvalue weighted by Gasteiger charge is -2.16. The monoisotopic (exact) mass is 430 g/mol. The third kappa shape index (κ3) is 2.92. The lowest BCUT2D eigenvalue weighted by molar-refractivity contribution is 0.0950. The van der Waals surface area contributed by atoms with E-state index < -0.39 is 12.8 Å². The summed E-state index contributed by atoms with van der Waals surface area (Å²) in [7, 11) is 0. The van der Waals surface area contributed by atoms with Gasteiger partial charge in [-0.05, 0) is 51.4 Å². The Kier molecular flexibility index (Phi) is 4.32. The number of carbonyl (C=O) groups is 1. The minimum absolute atomic E-state index is 0.147. The van der Waals surface area contributed by atoms with E-state index in [1.807, 2.05) is 42.5 Å². The van der Waals surface area contributed by atoms with Crippen LogP contribution in [0.2, 0.25) is 0 Å². The number of carbonyl (C=O) groups excluding carboxylic acids is 1. The van der Waals surface area contributed by atoms with E-state index in [1.165, 1.54) is 0 Å². The van der Waals surface area contributed by atoms with Crippen LogP contribution in [-0.2, 0) is 4.74 Å². The summed E-state index contributed by atoms with van der Waals surface area (Å²) in [6.07, 6.45) is -0.00293. The summed E-state index contributed by atoms with van der Waals surface area (Å²) in [5, 5.41) is 0. The van der Waals surface area contributed by atoms with E-state index in [0.29, 0.717) is 35.5 Å². The molecular weight excluding hydrogens is 411 g/mol. The van der Waals surface area contributed by atoms with Crippen molar-refractivity contribution in [2.24, 2.45) is 17.8 Å². The largest absolute Gasteiger partial charge is 0.485 e. The van der Waals surface area contributed by atoms with Crippen molar-refractivity contribution >= 4 is 21.7 Å². The van der Waals surface area contributed by atoms with E-state index in [0.717, 1.165) is 28.8 Å². The first-order valence-corrected chi connectivity index (χ1v) is 10.2. The highest BCUT2D eigenvalue weighted by molar-refractivity contribution is 9.10. The Morgan fingerprint density at radius 1 is 1.15 bits per heavy atom. The number of benzene rings is 2. The number of Topliss-reactive ketones (excluding diaryl/α,β-unsaturated/α-hetero) is 1. The van der Waals surface area contributed by atoms with E-state index in [-0.39, 0.29) is 11.7 Å². The highest BCUT2D eigenvalue weighted by Gasteiger charge is 2.54. The zero-order valence-corrected chi connectivity index (χ0v) is 16.3. The number of alkyl halides is 1. The molecule has 2 aromatic carbocycles. The number of fused-ring (bicyclic) bond motifs is 2. The maximum absolute atomic E-state index is 13.7. The summed E-state index contributed by atoms with van der Waals surface area (Å²) in [5.41, 5.74) is 2.57. The van der Waals surface area contributed by atoms with Gasteiger partial charge >= 0.3 is 0 Å². The first kappa shape index (κ1) is 17.4. The number of ketones is 1. The van der Waals surface area contributed by atoms with E-state index in [2.05, 4.69) is 15.9 Å². The van der Waals surface area contributed by atoms with Crippen LogP contribution in [0.25, 0.3) is 0 Å². The minimum atomic E-state index is -0.574. The molecule has 1 aliphatic carbocycles. The van der Waals surface area contributed by atoms with E-state index in [9.17, 15) is 9.18 Å². The van der Waals surface area contributed by atoms with Crippen LogP contribution in [-0.4, -0.2) is 31.8 Å². The molecule has 0 bridgehead atoms. The molecule has 0 amide bonds. The molecule has 2 aliphatic heterocycles. The number of hydrogen-bond acceptors (Lipinski definition) is 3. The Balaban J connectivity index is 1.46.